The molecule has 1 aliphatic rings. The molecule has 0 saturated carbocycles. The molecule has 0 unspecified atom stereocenters. The van der Waals surface area contributed by atoms with Gasteiger partial charge in [0.2, 0.25) is 5.95 Å². The Morgan fingerprint density at radius 3 is 2.68 bits per heavy atom. The van der Waals surface area contributed by atoms with Gasteiger partial charge in [-0.05, 0) is 41.8 Å². The summed E-state index contributed by atoms with van der Waals surface area (Å²) in [6.07, 6.45) is 2.36. The summed E-state index contributed by atoms with van der Waals surface area (Å²) in [5.41, 5.74) is 2.14. The van der Waals surface area contributed by atoms with Crippen LogP contribution < -0.4 is 10.1 Å². The van der Waals surface area contributed by atoms with Crippen LogP contribution in [-0.4, -0.2) is 21.9 Å². The van der Waals surface area contributed by atoms with Crippen LogP contribution in [0, 0.1) is 0 Å². The molecule has 3 aromatic rings. The molecule has 0 bridgehead atoms. The lowest BCUT2D eigenvalue weighted by Crippen LogP contribution is -2.28. The number of hydrogen-bond acceptors (Lipinski definition) is 4. The Morgan fingerprint density at radius 2 is 1.96 bits per heavy atom. The van der Waals surface area contributed by atoms with Crippen LogP contribution in [0.4, 0.5) is 5.95 Å². The van der Waals surface area contributed by atoms with Crippen molar-refractivity contribution in [3.8, 4) is 5.75 Å². The SMILES string of the molecule is COc1ccc([C@@H]2C[C@@H](c3ccc(Cl)cc3Cl)Nc3ncnn32)cc1. The van der Waals surface area contributed by atoms with Crippen LogP contribution in [-0.2, 0) is 0 Å². The number of halogens is 2. The summed E-state index contributed by atoms with van der Waals surface area (Å²) in [6, 6.07) is 13.7. The number of anilines is 1. The first kappa shape index (κ1) is 16.2. The number of fused-ring (bicyclic) bond motifs is 1. The molecule has 0 spiro atoms. The molecule has 0 amide bonds. The van der Waals surface area contributed by atoms with Gasteiger partial charge in [0.05, 0.1) is 19.2 Å². The molecule has 0 saturated heterocycles. The second-order valence-corrected chi connectivity index (χ2v) is 6.76. The molecule has 128 valence electrons. The molecule has 0 aliphatic carbocycles. The van der Waals surface area contributed by atoms with E-state index in [1.807, 2.05) is 28.9 Å². The predicted octanol–water partition coefficient (Wildman–Crippen LogP) is 4.74. The van der Waals surface area contributed by atoms with Gasteiger partial charge in [0.25, 0.3) is 0 Å². The van der Waals surface area contributed by atoms with E-state index in [9.17, 15) is 0 Å². The summed E-state index contributed by atoms with van der Waals surface area (Å²) in [5, 5.41) is 9.06. The number of aromatic nitrogens is 3. The van der Waals surface area contributed by atoms with Crippen molar-refractivity contribution in [2.75, 3.05) is 12.4 Å². The van der Waals surface area contributed by atoms with Crippen LogP contribution in [0.15, 0.2) is 48.8 Å². The summed E-state index contributed by atoms with van der Waals surface area (Å²) in [6.45, 7) is 0. The molecule has 2 atom stereocenters. The maximum atomic E-state index is 6.41. The summed E-state index contributed by atoms with van der Waals surface area (Å²) in [5.74, 6) is 1.55. The highest BCUT2D eigenvalue weighted by molar-refractivity contribution is 6.35. The molecule has 2 aromatic carbocycles. The van der Waals surface area contributed by atoms with Crippen LogP contribution in [0.1, 0.15) is 29.6 Å². The number of nitrogens with one attached hydrogen (secondary N) is 1. The van der Waals surface area contributed by atoms with Crippen LogP contribution in [0.2, 0.25) is 10.0 Å². The zero-order valence-corrected chi connectivity index (χ0v) is 15.0. The smallest absolute Gasteiger partial charge is 0.222 e. The van der Waals surface area contributed by atoms with E-state index in [2.05, 4.69) is 27.5 Å². The second kappa shape index (κ2) is 6.58. The number of benzene rings is 2. The quantitative estimate of drug-likeness (QED) is 0.719. The van der Waals surface area contributed by atoms with Gasteiger partial charge in [-0.25, -0.2) is 4.68 Å². The van der Waals surface area contributed by atoms with Crippen molar-refractivity contribution < 1.29 is 4.74 Å². The zero-order chi connectivity index (χ0) is 17.4. The van der Waals surface area contributed by atoms with E-state index in [4.69, 9.17) is 27.9 Å². The lowest BCUT2D eigenvalue weighted by molar-refractivity contribution is 0.411. The Morgan fingerprint density at radius 1 is 1.16 bits per heavy atom. The third-order valence-corrected chi connectivity index (χ3v) is 5.03. The monoisotopic (exact) mass is 374 g/mol. The minimum atomic E-state index is 0.0218. The number of nitrogens with zero attached hydrogens (tertiary/aromatic N) is 3. The standard InChI is InChI=1S/C18H16Cl2N4O/c1-25-13-5-2-11(3-6-13)17-9-16(23-18-21-10-22-24(17)18)14-7-4-12(19)8-15(14)20/h2-8,10,16-17H,9H2,1H3,(H,21,22,23)/t16-,17-/m0/s1. The van der Waals surface area contributed by atoms with E-state index in [1.165, 1.54) is 0 Å². The fourth-order valence-corrected chi connectivity index (χ4v) is 3.75. The second-order valence-electron chi connectivity index (χ2n) is 5.92. The van der Waals surface area contributed by atoms with Gasteiger partial charge in [-0.2, -0.15) is 10.1 Å². The van der Waals surface area contributed by atoms with Crippen molar-refractivity contribution in [1.82, 2.24) is 14.8 Å². The minimum Gasteiger partial charge on any atom is -0.497 e. The van der Waals surface area contributed by atoms with Crippen molar-refractivity contribution in [3.63, 3.8) is 0 Å². The fourth-order valence-electron chi connectivity index (χ4n) is 3.21. The van der Waals surface area contributed by atoms with E-state index >= 15 is 0 Å². The number of rotatable bonds is 3. The fraction of sp³-hybridized carbons (Fsp3) is 0.222. The Balaban J connectivity index is 1.72. The molecule has 2 heterocycles. The first-order valence-electron chi connectivity index (χ1n) is 7.90. The minimum absolute atomic E-state index is 0.0218. The van der Waals surface area contributed by atoms with E-state index in [0.717, 1.165) is 29.2 Å². The highest BCUT2D eigenvalue weighted by atomic mass is 35.5. The van der Waals surface area contributed by atoms with Crippen molar-refractivity contribution in [3.05, 3.63) is 70.0 Å². The van der Waals surface area contributed by atoms with E-state index in [0.29, 0.717) is 10.0 Å². The van der Waals surface area contributed by atoms with Crippen LogP contribution in [0.3, 0.4) is 0 Å². The van der Waals surface area contributed by atoms with Crippen molar-refractivity contribution >= 4 is 29.2 Å². The van der Waals surface area contributed by atoms with Crippen LogP contribution in [0.25, 0.3) is 0 Å². The van der Waals surface area contributed by atoms with Crippen molar-refractivity contribution in [2.24, 2.45) is 0 Å². The Labute approximate surface area is 155 Å². The molecule has 5 nitrogen and oxygen atoms in total. The number of hydrogen-bond donors (Lipinski definition) is 1. The number of methoxy groups -OCH3 is 1. The molecule has 25 heavy (non-hydrogen) atoms. The molecule has 4 rings (SSSR count). The molecule has 1 N–H and O–H groups in total. The Bertz CT molecular complexity index is 894. The molecule has 7 heteroatoms. The average Bonchev–Trinajstić information content (AvgIpc) is 3.09. The number of ether oxygens (including phenoxy) is 1. The van der Waals surface area contributed by atoms with Gasteiger partial charge >= 0.3 is 0 Å². The van der Waals surface area contributed by atoms with Gasteiger partial charge in [0, 0.05) is 10.0 Å². The van der Waals surface area contributed by atoms with Gasteiger partial charge in [0.15, 0.2) is 0 Å². The molecule has 0 radical (unpaired) electrons. The third-order valence-electron chi connectivity index (χ3n) is 4.47. The maximum absolute atomic E-state index is 6.41. The van der Waals surface area contributed by atoms with Gasteiger partial charge < -0.3 is 10.1 Å². The Kier molecular flexibility index (Phi) is 4.27. The molecule has 1 aromatic heterocycles. The lowest BCUT2D eigenvalue weighted by atomic mass is 9.93. The summed E-state index contributed by atoms with van der Waals surface area (Å²) in [7, 11) is 1.66. The highest BCUT2D eigenvalue weighted by Crippen LogP contribution is 2.40. The third kappa shape index (κ3) is 3.05. The first-order chi connectivity index (χ1) is 12.2. The topological polar surface area (TPSA) is 52.0 Å². The molecular formula is C18H16Cl2N4O. The molecule has 0 fully saturated rings. The molecular weight excluding hydrogens is 359 g/mol. The van der Waals surface area contributed by atoms with Crippen LogP contribution in [0.5, 0.6) is 5.75 Å². The van der Waals surface area contributed by atoms with Crippen molar-refractivity contribution in [2.45, 2.75) is 18.5 Å². The molecule has 1 aliphatic heterocycles. The lowest BCUT2D eigenvalue weighted by Gasteiger charge is -2.32. The van der Waals surface area contributed by atoms with E-state index in [1.54, 1.807) is 19.5 Å². The Hall–Kier alpha value is -2.24. The maximum Gasteiger partial charge on any atom is 0.222 e. The highest BCUT2D eigenvalue weighted by Gasteiger charge is 2.30. The van der Waals surface area contributed by atoms with E-state index in [-0.39, 0.29) is 12.1 Å². The normalized spacial score (nSPS) is 19.2. The zero-order valence-electron chi connectivity index (χ0n) is 13.5. The summed E-state index contributed by atoms with van der Waals surface area (Å²) in [4.78, 5) is 4.34. The van der Waals surface area contributed by atoms with Crippen LogP contribution >= 0.6 is 23.2 Å². The average molecular weight is 375 g/mol. The van der Waals surface area contributed by atoms with Gasteiger partial charge in [0.1, 0.15) is 12.1 Å². The predicted molar refractivity (Wildman–Crippen MR) is 98.6 cm³/mol. The summed E-state index contributed by atoms with van der Waals surface area (Å²) >= 11 is 12.4. The first-order valence-corrected chi connectivity index (χ1v) is 8.66. The summed E-state index contributed by atoms with van der Waals surface area (Å²) < 4.78 is 7.16. The van der Waals surface area contributed by atoms with Gasteiger partial charge in [-0.1, -0.05) is 41.4 Å². The van der Waals surface area contributed by atoms with E-state index < -0.39 is 0 Å². The largest absolute Gasteiger partial charge is 0.497 e. The van der Waals surface area contributed by atoms with Gasteiger partial charge in [-0.15, -0.1) is 0 Å². The van der Waals surface area contributed by atoms with Crippen molar-refractivity contribution in [1.29, 1.82) is 0 Å². The van der Waals surface area contributed by atoms with Gasteiger partial charge in [-0.3, -0.25) is 0 Å².